The number of aliphatic hydroxyl groups is 1. The summed E-state index contributed by atoms with van der Waals surface area (Å²) >= 11 is 1.16. The fraction of sp³-hybridized carbons (Fsp3) is 0.895. The monoisotopic (exact) mass is 450 g/mol. The van der Waals surface area contributed by atoms with Crippen LogP contribution >= 0.6 is 11.8 Å². The van der Waals surface area contributed by atoms with Crippen molar-refractivity contribution >= 4 is 31.3 Å². The maximum Gasteiger partial charge on any atom is 0.416 e. The van der Waals surface area contributed by atoms with E-state index in [9.17, 15) is 9.90 Å². The molecule has 0 aromatic rings. The molecule has 2 aliphatic rings. The lowest BCUT2D eigenvalue weighted by Gasteiger charge is -2.45. The van der Waals surface area contributed by atoms with Crippen molar-refractivity contribution in [3.63, 3.8) is 0 Å². The number of thioether (sulfide) groups is 1. The molecule has 0 aliphatic carbocycles. The SMILES string of the molecule is CN(C(=O)OC(C)(C)C)C1=N[C@@H]2[C@@H](F)[C@H](O[Si](C)(C)C(C)(C)C)[C@@H](CO)O[C@@H]2S1. The number of rotatable bonds is 3. The standard InChI is InChI=1S/C19H35FN2O5SSi/c1-18(2,3)26-17(24)22(7)16-21-13-12(20)14(11(10-23)25-15(13)28-16)27-29(8,9)19(4,5)6/h11-15,23H,10H2,1-9H3/t11-,12-,13-,14-,15-/m1/s1. The summed E-state index contributed by atoms with van der Waals surface area (Å²) in [7, 11) is -0.751. The van der Waals surface area contributed by atoms with E-state index in [0.717, 1.165) is 11.8 Å². The van der Waals surface area contributed by atoms with Crippen LogP contribution in [0.15, 0.2) is 4.99 Å². The lowest BCUT2D eigenvalue weighted by atomic mass is 10.00. The van der Waals surface area contributed by atoms with E-state index in [1.54, 1.807) is 20.8 Å². The minimum Gasteiger partial charge on any atom is -0.443 e. The Labute approximate surface area is 178 Å². The molecule has 2 rings (SSSR count). The number of nitrogens with zero attached hydrogens (tertiary/aromatic N) is 2. The van der Waals surface area contributed by atoms with Crippen LogP contribution in [0.1, 0.15) is 41.5 Å². The molecule has 1 fully saturated rings. The summed E-state index contributed by atoms with van der Waals surface area (Å²) in [6.45, 7) is 15.3. The molecule has 1 N–H and O–H groups in total. The first-order chi connectivity index (χ1) is 13.1. The smallest absolute Gasteiger partial charge is 0.416 e. The van der Waals surface area contributed by atoms with Crippen LogP contribution in [0.4, 0.5) is 9.18 Å². The van der Waals surface area contributed by atoms with Gasteiger partial charge in [0.2, 0.25) is 0 Å². The Balaban J connectivity index is 2.20. The summed E-state index contributed by atoms with van der Waals surface area (Å²) in [5.41, 5.74) is -1.27. The van der Waals surface area contributed by atoms with Crippen molar-refractivity contribution in [2.45, 2.75) is 95.1 Å². The lowest BCUT2D eigenvalue weighted by molar-refractivity contribution is -0.139. The van der Waals surface area contributed by atoms with Gasteiger partial charge in [0.05, 0.1) is 6.61 Å². The predicted molar refractivity (Wildman–Crippen MR) is 116 cm³/mol. The van der Waals surface area contributed by atoms with Crippen molar-refractivity contribution in [1.82, 2.24) is 4.90 Å². The van der Waals surface area contributed by atoms with Gasteiger partial charge < -0.3 is 19.0 Å². The molecule has 1 saturated heterocycles. The molecular formula is C19H35FN2O5SSi. The van der Waals surface area contributed by atoms with Gasteiger partial charge in [-0.3, -0.25) is 9.89 Å². The molecule has 7 nitrogen and oxygen atoms in total. The fourth-order valence-corrected chi connectivity index (χ4v) is 5.24. The van der Waals surface area contributed by atoms with Crippen molar-refractivity contribution < 1.29 is 28.2 Å². The molecular weight excluding hydrogens is 415 g/mol. The lowest BCUT2D eigenvalue weighted by Crippen LogP contribution is -2.59. The number of amides is 1. The maximum absolute atomic E-state index is 15.5. The molecule has 0 radical (unpaired) electrons. The molecule has 2 heterocycles. The first-order valence-electron chi connectivity index (χ1n) is 9.87. The van der Waals surface area contributed by atoms with Crippen molar-refractivity contribution in [2.24, 2.45) is 4.99 Å². The molecule has 0 aromatic heterocycles. The second-order valence-corrected chi connectivity index (χ2v) is 15.9. The Morgan fingerprint density at radius 2 is 1.90 bits per heavy atom. The number of hydrogen-bond donors (Lipinski definition) is 1. The van der Waals surface area contributed by atoms with E-state index in [-0.39, 0.29) is 11.6 Å². The zero-order chi connectivity index (χ0) is 22.4. The topological polar surface area (TPSA) is 80.6 Å². The first kappa shape index (κ1) is 24.6. The molecule has 168 valence electrons. The average Bonchev–Trinajstić information content (AvgIpc) is 2.98. The first-order valence-corrected chi connectivity index (χ1v) is 13.7. The van der Waals surface area contributed by atoms with Gasteiger partial charge in [0.25, 0.3) is 0 Å². The second-order valence-electron chi connectivity index (χ2n) is 10.1. The third-order valence-corrected chi connectivity index (χ3v) is 11.1. The van der Waals surface area contributed by atoms with E-state index in [0.29, 0.717) is 5.17 Å². The van der Waals surface area contributed by atoms with Gasteiger partial charge in [0.15, 0.2) is 19.7 Å². The number of ether oxygens (including phenoxy) is 2. The van der Waals surface area contributed by atoms with E-state index in [2.05, 4.69) is 25.8 Å². The van der Waals surface area contributed by atoms with Gasteiger partial charge >= 0.3 is 6.09 Å². The summed E-state index contributed by atoms with van der Waals surface area (Å²) < 4.78 is 33.1. The molecule has 0 bridgehead atoms. The number of aliphatic imine (C=N–C) groups is 1. The molecule has 10 heteroatoms. The largest absolute Gasteiger partial charge is 0.443 e. The van der Waals surface area contributed by atoms with E-state index in [4.69, 9.17) is 13.9 Å². The number of aliphatic hydroxyl groups excluding tert-OH is 1. The van der Waals surface area contributed by atoms with Gasteiger partial charge in [-0.2, -0.15) is 0 Å². The van der Waals surface area contributed by atoms with Crippen molar-refractivity contribution in [3.05, 3.63) is 0 Å². The third kappa shape index (κ3) is 5.52. The van der Waals surface area contributed by atoms with Crippen LogP contribution < -0.4 is 0 Å². The van der Waals surface area contributed by atoms with Gasteiger partial charge in [-0.25, -0.2) is 9.18 Å². The Kier molecular flexibility index (Phi) is 7.16. The normalized spacial score (nSPS) is 30.6. The minimum atomic E-state index is -2.29. The number of amidine groups is 1. The van der Waals surface area contributed by atoms with E-state index in [1.807, 2.05) is 13.1 Å². The highest BCUT2D eigenvalue weighted by molar-refractivity contribution is 8.14. The molecule has 0 saturated carbocycles. The summed E-state index contributed by atoms with van der Waals surface area (Å²) in [6.07, 6.45) is -3.70. The highest BCUT2D eigenvalue weighted by atomic mass is 32.2. The molecule has 29 heavy (non-hydrogen) atoms. The van der Waals surface area contributed by atoms with Gasteiger partial charge in [-0.1, -0.05) is 32.5 Å². The van der Waals surface area contributed by atoms with Crippen LogP contribution in [0.2, 0.25) is 18.1 Å². The zero-order valence-corrected chi connectivity index (χ0v) is 20.7. The van der Waals surface area contributed by atoms with E-state index >= 15 is 4.39 Å². The van der Waals surface area contributed by atoms with E-state index < -0.39 is 49.9 Å². The molecule has 1 amide bonds. The van der Waals surface area contributed by atoms with Crippen LogP contribution in [-0.2, 0) is 13.9 Å². The second kappa shape index (κ2) is 8.45. The number of alkyl halides is 1. The third-order valence-electron chi connectivity index (χ3n) is 5.45. The molecule has 0 spiro atoms. The van der Waals surface area contributed by atoms with Crippen LogP contribution in [0.3, 0.4) is 0 Å². The van der Waals surface area contributed by atoms with Crippen LogP contribution in [0.25, 0.3) is 0 Å². The van der Waals surface area contributed by atoms with Crippen LogP contribution in [0.5, 0.6) is 0 Å². The molecule has 2 aliphatic heterocycles. The minimum absolute atomic E-state index is 0.112. The van der Waals surface area contributed by atoms with Crippen LogP contribution in [0, 0.1) is 0 Å². The van der Waals surface area contributed by atoms with Crippen molar-refractivity contribution in [2.75, 3.05) is 13.7 Å². The molecule has 5 atom stereocenters. The number of carbonyl (C=O) groups is 1. The Morgan fingerprint density at radius 3 is 2.38 bits per heavy atom. The number of hydrogen-bond acceptors (Lipinski definition) is 7. The quantitative estimate of drug-likeness (QED) is 0.659. The Hall–Kier alpha value is -0.683. The Morgan fingerprint density at radius 1 is 1.31 bits per heavy atom. The summed E-state index contributed by atoms with van der Waals surface area (Å²) in [4.78, 5) is 18.0. The number of carbonyl (C=O) groups excluding carboxylic acids is 1. The molecule has 0 aromatic carbocycles. The summed E-state index contributed by atoms with van der Waals surface area (Å²) in [5, 5.41) is 10.0. The van der Waals surface area contributed by atoms with Gasteiger partial charge in [-0.15, -0.1) is 0 Å². The van der Waals surface area contributed by atoms with Gasteiger partial charge in [0, 0.05) is 7.05 Å². The predicted octanol–water partition coefficient (Wildman–Crippen LogP) is 3.77. The average molecular weight is 451 g/mol. The van der Waals surface area contributed by atoms with Crippen LogP contribution in [-0.4, -0.2) is 78.7 Å². The molecule has 0 unspecified atom stereocenters. The summed E-state index contributed by atoms with van der Waals surface area (Å²) in [5.74, 6) is 0. The maximum atomic E-state index is 15.5. The summed E-state index contributed by atoms with van der Waals surface area (Å²) in [6, 6.07) is -0.808. The van der Waals surface area contributed by atoms with Crippen molar-refractivity contribution in [1.29, 1.82) is 0 Å². The number of halogens is 1. The number of fused-ring (bicyclic) bond motifs is 1. The highest BCUT2D eigenvalue weighted by Gasteiger charge is 2.53. The van der Waals surface area contributed by atoms with Gasteiger partial charge in [0.1, 0.15) is 29.3 Å². The van der Waals surface area contributed by atoms with Crippen molar-refractivity contribution in [3.8, 4) is 0 Å². The Bertz CT molecular complexity index is 649. The fourth-order valence-electron chi connectivity index (χ4n) is 2.75. The highest BCUT2D eigenvalue weighted by Crippen LogP contribution is 2.43. The van der Waals surface area contributed by atoms with E-state index in [1.165, 1.54) is 11.9 Å². The van der Waals surface area contributed by atoms with Gasteiger partial charge in [-0.05, 0) is 38.9 Å². The zero-order valence-electron chi connectivity index (χ0n) is 18.9.